The van der Waals surface area contributed by atoms with Crippen LogP contribution in [0.1, 0.15) is 23.5 Å². The molecule has 1 fully saturated rings. The highest BCUT2D eigenvalue weighted by molar-refractivity contribution is 7.19. The minimum atomic E-state index is -0.582. The number of para-hydroxylation sites is 1. The molecule has 0 aliphatic carbocycles. The van der Waals surface area contributed by atoms with Crippen LogP contribution in [0, 0.1) is 0 Å². The molecule has 1 atom stereocenters. The minimum absolute atomic E-state index is 0.407. The van der Waals surface area contributed by atoms with Gasteiger partial charge in [-0.2, -0.15) is 0 Å². The number of fused-ring (bicyclic) bond motifs is 1. The summed E-state index contributed by atoms with van der Waals surface area (Å²) in [6, 6.07) is 18.7. The largest absolute Gasteiger partial charge is 0.386 e. The van der Waals surface area contributed by atoms with Crippen LogP contribution in [0.2, 0.25) is 0 Å². The molecular weight excluding hydrogens is 408 g/mol. The molecule has 0 radical (unpaired) electrons. The van der Waals surface area contributed by atoms with Crippen molar-refractivity contribution in [2.24, 2.45) is 4.99 Å². The zero-order valence-electron chi connectivity index (χ0n) is 17.9. The summed E-state index contributed by atoms with van der Waals surface area (Å²) < 4.78 is 6.68. The fourth-order valence-corrected chi connectivity index (χ4v) is 4.77. The summed E-state index contributed by atoms with van der Waals surface area (Å²) in [5, 5.41) is 18.4. The average Bonchev–Trinajstić information content (AvgIpc) is 3.26. The van der Waals surface area contributed by atoms with E-state index in [0.29, 0.717) is 19.0 Å². The molecule has 6 nitrogen and oxygen atoms in total. The average molecular weight is 439 g/mol. The van der Waals surface area contributed by atoms with Gasteiger partial charge < -0.3 is 25.4 Å². The van der Waals surface area contributed by atoms with E-state index in [1.165, 1.54) is 21.3 Å². The highest BCUT2D eigenvalue weighted by atomic mass is 32.1. The van der Waals surface area contributed by atoms with Crippen molar-refractivity contribution < 1.29 is 9.84 Å². The first-order valence-electron chi connectivity index (χ1n) is 10.8. The predicted octanol–water partition coefficient (Wildman–Crippen LogP) is 3.53. The minimum Gasteiger partial charge on any atom is -0.386 e. The highest BCUT2D eigenvalue weighted by Crippen LogP contribution is 2.29. The molecule has 2 aromatic carbocycles. The third-order valence-electron chi connectivity index (χ3n) is 5.33. The summed E-state index contributed by atoms with van der Waals surface area (Å²) in [4.78, 5) is 8.10. The summed E-state index contributed by atoms with van der Waals surface area (Å²) in [5.41, 5.74) is 2.40. The number of aliphatic hydroxyl groups is 1. The molecule has 1 unspecified atom stereocenters. The van der Waals surface area contributed by atoms with Crippen molar-refractivity contribution in [3.05, 3.63) is 65.0 Å². The SMILES string of the molecule is CCNC(=NCc1ccccc1N1CCOCC1)NCC(O)c1cc2ccccc2s1. The molecule has 0 bridgehead atoms. The van der Waals surface area contributed by atoms with Crippen molar-refractivity contribution >= 4 is 33.1 Å². The predicted molar refractivity (Wildman–Crippen MR) is 129 cm³/mol. The number of ether oxygens (including phenoxy) is 1. The summed E-state index contributed by atoms with van der Waals surface area (Å²) in [6.07, 6.45) is -0.582. The van der Waals surface area contributed by atoms with Gasteiger partial charge in [-0.1, -0.05) is 36.4 Å². The van der Waals surface area contributed by atoms with Crippen molar-refractivity contribution in [3.63, 3.8) is 0 Å². The number of anilines is 1. The first kappa shape index (κ1) is 21.6. The lowest BCUT2D eigenvalue weighted by atomic mass is 10.1. The molecule has 1 aromatic heterocycles. The number of morpholine rings is 1. The fraction of sp³-hybridized carbons (Fsp3) is 0.375. The van der Waals surface area contributed by atoms with Crippen LogP contribution >= 0.6 is 11.3 Å². The maximum Gasteiger partial charge on any atom is 0.191 e. The Morgan fingerprint density at radius 3 is 2.71 bits per heavy atom. The van der Waals surface area contributed by atoms with Crippen molar-refractivity contribution in [3.8, 4) is 0 Å². The molecular formula is C24H30N4O2S. The molecule has 31 heavy (non-hydrogen) atoms. The van der Waals surface area contributed by atoms with Crippen molar-refractivity contribution in [1.82, 2.24) is 10.6 Å². The van der Waals surface area contributed by atoms with Gasteiger partial charge in [0, 0.05) is 41.4 Å². The summed E-state index contributed by atoms with van der Waals surface area (Å²) in [6.45, 7) is 7.11. The normalized spacial score (nSPS) is 15.8. The number of aliphatic hydroxyl groups excluding tert-OH is 1. The Morgan fingerprint density at radius 2 is 1.90 bits per heavy atom. The Hall–Kier alpha value is -2.61. The van der Waals surface area contributed by atoms with Gasteiger partial charge in [-0.05, 0) is 36.1 Å². The monoisotopic (exact) mass is 438 g/mol. The number of benzene rings is 2. The number of guanidine groups is 1. The molecule has 1 aliphatic rings. The highest BCUT2D eigenvalue weighted by Gasteiger charge is 2.15. The van der Waals surface area contributed by atoms with E-state index in [4.69, 9.17) is 9.73 Å². The Labute approximate surface area is 187 Å². The Balaban J connectivity index is 1.41. The number of thiophene rings is 1. The number of rotatable bonds is 7. The van der Waals surface area contributed by atoms with Crippen LogP contribution in [-0.4, -0.2) is 50.5 Å². The lowest BCUT2D eigenvalue weighted by Crippen LogP contribution is -2.39. The van der Waals surface area contributed by atoms with Gasteiger partial charge in [-0.3, -0.25) is 0 Å². The van der Waals surface area contributed by atoms with Crippen LogP contribution in [-0.2, 0) is 11.3 Å². The lowest BCUT2D eigenvalue weighted by molar-refractivity contribution is 0.122. The number of nitrogens with one attached hydrogen (secondary N) is 2. The second kappa shape index (κ2) is 10.6. The topological polar surface area (TPSA) is 69.1 Å². The molecule has 2 heterocycles. The van der Waals surface area contributed by atoms with Crippen LogP contribution in [0.15, 0.2) is 59.6 Å². The molecule has 164 valence electrons. The molecule has 7 heteroatoms. The number of aliphatic imine (C=N–C) groups is 1. The van der Waals surface area contributed by atoms with E-state index in [9.17, 15) is 5.11 Å². The van der Waals surface area contributed by atoms with Crippen molar-refractivity contribution in [1.29, 1.82) is 0 Å². The van der Waals surface area contributed by atoms with Gasteiger partial charge in [0.15, 0.2) is 5.96 Å². The zero-order chi connectivity index (χ0) is 21.5. The maximum absolute atomic E-state index is 10.7. The molecule has 3 aromatic rings. The van der Waals surface area contributed by atoms with E-state index < -0.39 is 6.10 Å². The summed E-state index contributed by atoms with van der Waals surface area (Å²) >= 11 is 1.63. The fourth-order valence-electron chi connectivity index (χ4n) is 3.72. The van der Waals surface area contributed by atoms with Crippen LogP contribution < -0.4 is 15.5 Å². The van der Waals surface area contributed by atoms with E-state index in [0.717, 1.165) is 37.7 Å². The number of nitrogens with zero attached hydrogens (tertiary/aromatic N) is 2. The maximum atomic E-state index is 10.7. The van der Waals surface area contributed by atoms with Crippen LogP contribution in [0.4, 0.5) is 5.69 Å². The molecule has 0 amide bonds. The van der Waals surface area contributed by atoms with Gasteiger partial charge in [0.05, 0.1) is 19.8 Å². The van der Waals surface area contributed by atoms with E-state index in [1.54, 1.807) is 11.3 Å². The third-order valence-corrected chi connectivity index (χ3v) is 6.55. The van der Waals surface area contributed by atoms with E-state index in [-0.39, 0.29) is 0 Å². The van der Waals surface area contributed by atoms with E-state index in [2.05, 4.69) is 58.0 Å². The second-order valence-electron chi connectivity index (χ2n) is 7.51. The van der Waals surface area contributed by atoms with Gasteiger partial charge >= 0.3 is 0 Å². The Morgan fingerprint density at radius 1 is 1.13 bits per heavy atom. The smallest absolute Gasteiger partial charge is 0.191 e. The van der Waals surface area contributed by atoms with Crippen LogP contribution in [0.25, 0.3) is 10.1 Å². The van der Waals surface area contributed by atoms with E-state index >= 15 is 0 Å². The summed E-state index contributed by atoms with van der Waals surface area (Å²) in [7, 11) is 0. The van der Waals surface area contributed by atoms with Crippen LogP contribution in [0.5, 0.6) is 0 Å². The van der Waals surface area contributed by atoms with Gasteiger partial charge in [0.2, 0.25) is 0 Å². The lowest BCUT2D eigenvalue weighted by Gasteiger charge is -2.30. The first-order chi connectivity index (χ1) is 15.2. The molecule has 1 aliphatic heterocycles. The molecule has 4 rings (SSSR count). The Kier molecular flexibility index (Phi) is 7.40. The molecule has 0 spiro atoms. The first-order valence-corrected chi connectivity index (χ1v) is 11.7. The quantitative estimate of drug-likeness (QED) is 0.389. The van der Waals surface area contributed by atoms with Gasteiger partial charge in [-0.15, -0.1) is 11.3 Å². The van der Waals surface area contributed by atoms with Crippen LogP contribution in [0.3, 0.4) is 0 Å². The third kappa shape index (κ3) is 5.55. The zero-order valence-corrected chi connectivity index (χ0v) is 18.7. The number of hydrogen-bond donors (Lipinski definition) is 3. The summed E-state index contributed by atoms with van der Waals surface area (Å²) in [5.74, 6) is 0.708. The molecule has 3 N–H and O–H groups in total. The van der Waals surface area contributed by atoms with Gasteiger partial charge in [0.1, 0.15) is 6.10 Å². The second-order valence-corrected chi connectivity index (χ2v) is 8.62. The van der Waals surface area contributed by atoms with Crippen molar-refractivity contribution in [2.45, 2.75) is 19.6 Å². The van der Waals surface area contributed by atoms with Gasteiger partial charge in [-0.25, -0.2) is 4.99 Å². The number of hydrogen-bond acceptors (Lipinski definition) is 5. The molecule has 0 saturated carbocycles. The standard InChI is InChI=1S/C24H30N4O2S/c1-2-25-24(27-17-21(29)23-15-18-7-4-6-10-22(18)31-23)26-16-19-8-3-5-9-20(19)28-11-13-30-14-12-28/h3-10,15,21,29H,2,11-14,16-17H2,1H3,(H2,25,26,27). The van der Waals surface area contributed by atoms with Gasteiger partial charge in [0.25, 0.3) is 0 Å². The molecule has 1 saturated heterocycles. The van der Waals surface area contributed by atoms with Crippen molar-refractivity contribution in [2.75, 3.05) is 44.3 Å². The Bertz CT molecular complexity index is 980. The van der Waals surface area contributed by atoms with E-state index in [1.807, 2.05) is 19.1 Å².